The predicted octanol–water partition coefficient (Wildman–Crippen LogP) is 1.00. The molecule has 0 bridgehead atoms. The van der Waals surface area contributed by atoms with Crippen molar-refractivity contribution in [2.75, 3.05) is 13.7 Å². The van der Waals surface area contributed by atoms with Crippen molar-refractivity contribution in [1.82, 2.24) is 4.98 Å². The van der Waals surface area contributed by atoms with Crippen LogP contribution in [0, 0.1) is 5.82 Å². The zero-order valence-electron chi connectivity index (χ0n) is 9.37. The molecule has 0 aliphatic rings. The first kappa shape index (κ1) is 12.6. The Morgan fingerprint density at radius 3 is 2.81 bits per heavy atom. The van der Waals surface area contributed by atoms with Crippen molar-refractivity contribution in [3.63, 3.8) is 0 Å². The van der Waals surface area contributed by atoms with Crippen LogP contribution in [0.15, 0.2) is 18.5 Å². The van der Waals surface area contributed by atoms with E-state index in [0.717, 1.165) is 6.20 Å². The summed E-state index contributed by atoms with van der Waals surface area (Å²) in [4.78, 5) is 15.0. The number of nitrogens with zero attached hydrogens (tertiary/aromatic N) is 1. The van der Waals surface area contributed by atoms with Crippen molar-refractivity contribution in [2.45, 2.75) is 18.8 Å². The number of rotatable bonds is 4. The molecule has 0 saturated heterocycles. The molecule has 0 saturated carbocycles. The molecule has 1 rings (SSSR count). The van der Waals surface area contributed by atoms with Crippen LogP contribution in [0.25, 0.3) is 0 Å². The normalized spacial score (nSPS) is 14.2. The molecule has 0 aliphatic carbocycles. The average molecular weight is 226 g/mol. The van der Waals surface area contributed by atoms with Gasteiger partial charge in [0.25, 0.3) is 0 Å². The van der Waals surface area contributed by atoms with E-state index in [0.29, 0.717) is 5.56 Å². The van der Waals surface area contributed by atoms with Crippen LogP contribution in [-0.4, -0.2) is 24.6 Å². The van der Waals surface area contributed by atoms with E-state index in [1.807, 2.05) is 0 Å². The molecular formula is C11H15FN2O2. The van der Waals surface area contributed by atoms with E-state index in [4.69, 9.17) is 5.73 Å². The number of halogens is 1. The number of pyridine rings is 1. The summed E-state index contributed by atoms with van der Waals surface area (Å²) >= 11 is 0. The third kappa shape index (κ3) is 2.76. The highest BCUT2D eigenvalue weighted by molar-refractivity contribution is 5.71. The standard InChI is InChI=1S/C11H15FN2O2/c1-11(7-13,4-10(15)16-2)8-3-9(12)6-14-5-8/h3,5-6H,4,7,13H2,1-2H3. The maximum atomic E-state index is 13.0. The molecule has 0 aromatic carbocycles. The van der Waals surface area contributed by atoms with Gasteiger partial charge in [-0.15, -0.1) is 0 Å². The molecule has 1 unspecified atom stereocenters. The van der Waals surface area contributed by atoms with E-state index < -0.39 is 11.2 Å². The van der Waals surface area contributed by atoms with Crippen LogP contribution in [0.2, 0.25) is 0 Å². The van der Waals surface area contributed by atoms with Gasteiger partial charge in [0.05, 0.1) is 19.7 Å². The first-order valence-electron chi connectivity index (χ1n) is 4.90. The summed E-state index contributed by atoms with van der Waals surface area (Å²) in [6.45, 7) is 1.99. The second-order valence-electron chi connectivity index (χ2n) is 3.91. The van der Waals surface area contributed by atoms with Crippen LogP contribution in [0.1, 0.15) is 18.9 Å². The summed E-state index contributed by atoms with van der Waals surface area (Å²) in [5, 5.41) is 0. The van der Waals surface area contributed by atoms with E-state index in [9.17, 15) is 9.18 Å². The predicted molar refractivity (Wildman–Crippen MR) is 57.2 cm³/mol. The molecule has 5 heteroatoms. The number of esters is 1. The van der Waals surface area contributed by atoms with Crippen LogP contribution < -0.4 is 5.73 Å². The van der Waals surface area contributed by atoms with Gasteiger partial charge in [-0.3, -0.25) is 9.78 Å². The molecule has 4 nitrogen and oxygen atoms in total. The van der Waals surface area contributed by atoms with Gasteiger partial charge in [0.1, 0.15) is 5.82 Å². The van der Waals surface area contributed by atoms with Gasteiger partial charge in [-0.1, -0.05) is 6.92 Å². The van der Waals surface area contributed by atoms with E-state index in [1.165, 1.54) is 19.4 Å². The topological polar surface area (TPSA) is 65.2 Å². The van der Waals surface area contributed by atoms with Gasteiger partial charge in [0.15, 0.2) is 0 Å². The smallest absolute Gasteiger partial charge is 0.306 e. The highest BCUT2D eigenvalue weighted by atomic mass is 19.1. The minimum absolute atomic E-state index is 0.102. The summed E-state index contributed by atoms with van der Waals surface area (Å²) < 4.78 is 17.6. The number of hydrogen-bond acceptors (Lipinski definition) is 4. The van der Waals surface area contributed by atoms with E-state index >= 15 is 0 Å². The monoisotopic (exact) mass is 226 g/mol. The lowest BCUT2D eigenvalue weighted by Crippen LogP contribution is -2.35. The fraction of sp³-hybridized carbons (Fsp3) is 0.455. The van der Waals surface area contributed by atoms with Gasteiger partial charge in [-0.2, -0.15) is 0 Å². The van der Waals surface area contributed by atoms with Crippen molar-refractivity contribution >= 4 is 5.97 Å². The summed E-state index contributed by atoms with van der Waals surface area (Å²) in [5.74, 6) is -0.820. The number of methoxy groups -OCH3 is 1. The Kier molecular flexibility index (Phi) is 3.95. The molecule has 0 spiro atoms. The van der Waals surface area contributed by atoms with Crippen molar-refractivity contribution in [2.24, 2.45) is 5.73 Å². The Labute approximate surface area is 93.6 Å². The lowest BCUT2D eigenvalue weighted by Gasteiger charge is -2.26. The fourth-order valence-corrected chi connectivity index (χ4v) is 1.42. The second kappa shape index (κ2) is 5.03. The molecule has 0 radical (unpaired) electrons. The summed E-state index contributed by atoms with van der Waals surface area (Å²) in [5.41, 5.74) is 5.58. The Hall–Kier alpha value is -1.49. The van der Waals surface area contributed by atoms with Crippen LogP contribution in [0.5, 0.6) is 0 Å². The minimum Gasteiger partial charge on any atom is -0.469 e. The molecule has 0 amide bonds. The highest BCUT2D eigenvalue weighted by Gasteiger charge is 2.29. The Morgan fingerprint density at radius 2 is 2.31 bits per heavy atom. The molecule has 1 aromatic rings. The van der Waals surface area contributed by atoms with Crippen LogP contribution in [0.4, 0.5) is 4.39 Å². The summed E-state index contributed by atoms with van der Waals surface area (Å²) in [7, 11) is 1.31. The molecule has 16 heavy (non-hydrogen) atoms. The number of carbonyl (C=O) groups excluding carboxylic acids is 1. The number of ether oxygens (including phenoxy) is 1. The third-order valence-corrected chi connectivity index (χ3v) is 2.61. The van der Waals surface area contributed by atoms with Crippen molar-refractivity contribution < 1.29 is 13.9 Å². The van der Waals surface area contributed by atoms with Gasteiger partial charge in [-0.25, -0.2) is 4.39 Å². The number of aromatic nitrogens is 1. The van der Waals surface area contributed by atoms with Crippen LogP contribution in [-0.2, 0) is 14.9 Å². The van der Waals surface area contributed by atoms with Crippen molar-refractivity contribution in [1.29, 1.82) is 0 Å². The molecule has 0 aliphatic heterocycles. The lowest BCUT2D eigenvalue weighted by atomic mass is 9.80. The van der Waals surface area contributed by atoms with E-state index in [1.54, 1.807) is 6.92 Å². The molecule has 0 fully saturated rings. The van der Waals surface area contributed by atoms with Crippen molar-refractivity contribution in [3.05, 3.63) is 29.8 Å². The number of nitrogens with two attached hydrogens (primary N) is 1. The number of hydrogen-bond donors (Lipinski definition) is 1. The average Bonchev–Trinajstić information content (AvgIpc) is 2.28. The molecule has 88 valence electrons. The lowest BCUT2D eigenvalue weighted by molar-refractivity contribution is -0.141. The maximum absolute atomic E-state index is 13.0. The van der Waals surface area contributed by atoms with Crippen molar-refractivity contribution in [3.8, 4) is 0 Å². The van der Waals surface area contributed by atoms with Gasteiger partial charge in [0, 0.05) is 18.2 Å². The first-order valence-corrected chi connectivity index (χ1v) is 4.90. The van der Waals surface area contributed by atoms with Gasteiger partial charge < -0.3 is 10.5 Å². The Morgan fingerprint density at radius 1 is 1.62 bits per heavy atom. The Balaban J connectivity index is 2.99. The molecule has 1 heterocycles. The van der Waals surface area contributed by atoms with Crippen LogP contribution >= 0.6 is 0 Å². The van der Waals surface area contributed by atoms with E-state index in [2.05, 4.69) is 9.72 Å². The van der Waals surface area contributed by atoms with Gasteiger partial charge in [-0.05, 0) is 11.6 Å². The molecule has 1 atom stereocenters. The summed E-state index contributed by atoms with van der Waals surface area (Å²) in [6.07, 6.45) is 2.72. The van der Waals surface area contributed by atoms with Gasteiger partial charge in [0.2, 0.25) is 0 Å². The second-order valence-corrected chi connectivity index (χ2v) is 3.91. The molecular weight excluding hydrogens is 211 g/mol. The SMILES string of the molecule is COC(=O)CC(C)(CN)c1cncc(F)c1. The zero-order chi connectivity index (χ0) is 12.2. The number of carbonyl (C=O) groups is 1. The highest BCUT2D eigenvalue weighted by Crippen LogP contribution is 2.26. The zero-order valence-corrected chi connectivity index (χ0v) is 9.37. The fourth-order valence-electron chi connectivity index (χ4n) is 1.42. The van der Waals surface area contributed by atoms with Gasteiger partial charge >= 0.3 is 5.97 Å². The van der Waals surface area contributed by atoms with Crippen LogP contribution in [0.3, 0.4) is 0 Å². The summed E-state index contributed by atoms with van der Waals surface area (Å²) in [6, 6.07) is 1.34. The largest absolute Gasteiger partial charge is 0.469 e. The maximum Gasteiger partial charge on any atom is 0.306 e. The third-order valence-electron chi connectivity index (χ3n) is 2.61. The molecule has 1 aromatic heterocycles. The Bertz CT molecular complexity index is 384. The molecule has 2 N–H and O–H groups in total. The first-order chi connectivity index (χ1) is 7.51. The van der Waals surface area contributed by atoms with E-state index in [-0.39, 0.29) is 18.9 Å². The quantitative estimate of drug-likeness (QED) is 0.778. The minimum atomic E-state index is -0.651.